The third-order valence-corrected chi connectivity index (χ3v) is 6.27. The van der Waals surface area contributed by atoms with E-state index < -0.39 is 0 Å². The maximum absolute atomic E-state index is 10.1. The van der Waals surface area contributed by atoms with Crippen LogP contribution in [0.1, 0.15) is 5.56 Å². The van der Waals surface area contributed by atoms with Crippen LogP contribution in [-0.4, -0.2) is 26.4 Å². The molecule has 0 aliphatic rings. The van der Waals surface area contributed by atoms with Crippen molar-refractivity contribution in [3.8, 4) is 11.5 Å². The van der Waals surface area contributed by atoms with E-state index in [2.05, 4.69) is 5.10 Å². The molecule has 2 heterocycles. The zero-order valence-electron chi connectivity index (χ0n) is 14.9. The number of benzene rings is 3. The van der Waals surface area contributed by atoms with Gasteiger partial charge in [0.15, 0.2) is 0 Å². The molecule has 0 aliphatic heterocycles. The van der Waals surface area contributed by atoms with E-state index in [1.165, 1.54) is 47.1 Å². The SMILES string of the molecule is Oc1ccc(O)c(/C=N/N(c2nc3ccccc3s2)c2nc3ccccc3s2)c1. The minimum Gasteiger partial charge on any atom is -0.508 e. The zero-order valence-corrected chi connectivity index (χ0v) is 16.6. The summed E-state index contributed by atoms with van der Waals surface area (Å²) in [5.74, 6) is 0.0795. The van der Waals surface area contributed by atoms with E-state index in [1.54, 1.807) is 5.01 Å². The first-order valence-corrected chi connectivity index (χ1v) is 10.4. The number of anilines is 2. The lowest BCUT2D eigenvalue weighted by Crippen LogP contribution is -2.08. The summed E-state index contributed by atoms with van der Waals surface area (Å²) in [6, 6.07) is 20.1. The lowest BCUT2D eigenvalue weighted by Gasteiger charge is -2.11. The Morgan fingerprint density at radius 1 is 0.793 bits per heavy atom. The fourth-order valence-corrected chi connectivity index (χ4v) is 4.76. The predicted molar refractivity (Wildman–Crippen MR) is 119 cm³/mol. The average molecular weight is 419 g/mol. The van der Waals surface area contributed by atoms with Crippen LogP contribution in [0.2, 0.25) is 0 Å². The molecule has 0 saturated heterocycles. The molecule has 2 N–H and O–H groups in total. The Morgan fingerprint density at radius 3 is 1.97 bits per heavy atom. The van der Waals surface area contributed by atoms with Gasteiger partial charge in [0, 0.05) is 5.56 Å². The molecule has 0 fully saturated rings. The number of phenolic OH excluding ortho intramolecular Hbond substituents is 2. The smallest absolute Gasteiger partial charge is 0.214 e. The average Bonchev–Trinajstić information content (AvgIpc) is 3.34. The second-order valence-corrected chi connectivity index (χ2v) is 8.25. The predicted octanol–water partition coefficient (Wildman–Crippen LogP) is 5.49. The van der Waals surface area contributed by atoms with E-state index in [1.807, 2.05) is 48.5 Å². The summed E-state index contributed by atoms with van der Waals surface area (Å²) in [5.41, 5.74) is 2.17. The van der Waals surface area contributed by atoms with Crippen molar-refractivity contribution >= 4 is 59.6 Å². The topological polar surface area (TPSA) is 81.8 Å². The standard InChI is InChI=1S/C21H14N4O2S2/c26-14-9-10-17(27)13(11-14)12-22-25(20-23-15-5-1-3-7-18(15)28-20)21-24-16-6-2-4-8-19(16)29-21/h1-12,26-27H/b22-12+. The molecule has 5 rings (SSSR count). The summed E-state index contributed by atoms with van der Waals surface area (Å²) in [7, 11) is 0. The van der Waals surface area contributed by atoms with Gasteiger partial charge in [0.1, 0.15) is 11.5 Å². The van der Waals surface area contributed by atoms with Gasteiger partial charge in [-0.05, 0) is 42.5 Å². The molecule has 0 unspecified atom stereocenters. The van der Waals surface area contributed by atoms with Gasteiger partial charge in [-0.3, -0.25) is 0 Å². The maximum Gasteiger partial charge on any atom is 0.214 e. The number of aromatic hydroxyl groups is 2. The Balaban J connectivity index is 1.63. The van der Waals surface area contributed by atoms with Gasteiger partial charge in [0.25, 0.3) is 0 Å². The van der Waals surface area contributed by atoms with Crippen LogP contribution in [0, 0.1) is 0 Å². The minimum absolute atomic E-state index is 0.0279. The Kier molecular flexibility index (Phi) is 4.34. The van der Waals surface area contributed by atoms with Gasteiger partial charge in [0.05, 0.1) is 26.6 Å². The van der Waals surface area contributed by atoms with Crippen molar-refractivity contribution in [1.29, 1.82) is 0 Å². The number of hydrazone groups is 1. The van der Waals surface area contributed by atoms with Crippen molar-refractivity contribution in [3.05, 3.63) is 72.3 Å². The van der Waals surface area contributed by atoms with E-state index in [0.29, 0.717) is 15.8 Å². The van der Waals surface area contributed by atoms with Gasteiger partial charge in [-0.25, -0.2) is 9.97 Å². The van der Waals surface area contributed by atoms with Gasteiger partial charge in [-0.2, -0.15) is 10.1 Å². The van der Waals surface area contributed by atoms with E-state index in [9.17, 15) is 10.2 Å². The second kappa shape index (κ2) is 7.16. The first kappa shape index (κ1) is 17.6. The number of hydrogen-bond acceptors (Lipinski definition) is 8. The van der Waals surface area contributed by atoms with Crippen LogP contribution in [0.15, 0.2) is 71.8 Å². The minimum atomic E-state index is 0.0279. The highest BCUT2D eigenvalue weighted by Crippen LogP contribution is 2.37. The monoisotopic (exact) mass is 418 g/mol. The fourth-order valence-electron chi connectivity index (χ4n) is 2.85. The van der Waals surface area contributed by atoms with Crippen LogP contribution in [0.5, 0.6) is 11.5 Å². The number of nitrogens with zero attached hydrogens (tertiary/aromatic N) is 4. The molecule has 0 bridgehead atoms. The Morgan fingerprint density at radius 2 is 1.38 bits per heavy atom. The van der Waals surface area contributed by atoms with Crippen LogP contribution in [0.4, 0.5) is 10.3 Å². The molecule has 0 atom stereocenters. The largest absolute Gasteiger partial charge is 0.508 e. The molecule has 3 aromatic carbocycles. The van der Waals surface area contributed by atoms with Crippen molar-refractivity contribution in [2.45, 2.75) is 0 Å². The summed E-state index contributed by atoms with van der Waals surface area (Å²) < 4.78 is 2.09. The zero-order chi connectivity index (χ0) is 19.8. The first-order chi connectivity index (χ1) is 14.2. The highest BCUT2D eigenvalue weighted by molar-refractivity contribution is 7.24. The highest BCUT2D eigenvalue weighted by Gasteiger charge is 2.18. The van der Waals surface area contributed by atoms with Crippen LogP contribution >= 0.6 is 22.7 Å². The van der Waals surface area contributed by atoms with Gasteiger partial charge < -0.3 is 10.2 Å². The van der Waals surface area contributed by atoms with Gasteiger partial charge in [-0.1, -0.05) is 46.9 Å². The van der Waals surface area contributed by atoms with E-state index in [-0.39, 0.29) is 11.5 Å². The lowest BCUT2D eigenvalue weighted by atomic mass is 10.2. The molecule has 142 valence electrons. The summed E-state index contributed by atoms with van der Waals surface area (Å²) in [6.07, 6.45) is 1.49. The van der Waals surface area contributed by atoms with E-state index in [4.69, 9.17) is 9.97 Å². The van der Waals surface area contributed by atoms with Crippen LogP contribution in [0.3, 0.4) is 0 Å². The third-order valence-electron chi connectivity index (χ3n) is 4.25. The maximum atomic E-state index is 10.1. The van der Waals surface area contributed by atoms with Crippen molar-refractivity contribution in [2.24, 2.45) is 5.10 Å². The fraction of sp³-hybridized carbons (Fsp3) is 0. The highest BCUT2D eigenvalue weighted by atomic mass is 32.1. The van der Waals surface area contributed by atoms with Crippen LogP contribution < -0.4 is 5.01 Å². The second-order valence-electron chi connectivity index (χ2n) is 6.23. The molecule has 0 spiro atoms. The molecular weight excluding hydrogens is 404 g/mol. The molecule has 0 saturated carbocycles. The number of hydrogen-bond donors (Lipinski definition) is 2. The lowest BCUT2D eigenvalue weighted by molar-refractivity contribution is 0.459. The van der Waals surface area contributed by atoms with Gasteiger partial charge in [0.2, 0.25) is 10.3 Å². The number of para-hydroxylation sites is 2. The van der Waals surface area contributed by atoms with Crippen LogP contribution in [-0.2, 0) is 0 Å². The van der Waals surface area contributed by atoms with E-state index >= 15 is 0 Å². The number of fused-ring (bicyclic) bond motifs is 2. The van der Waals surface area contributed by atoms with E-state index in [0.717, 1.165) is 20.4 Å². The molecule has 0 amide bonds. The summed E-state index contributed by atoms with van der Waals surface area (Å²) in [5, 5.41) is 27.4. The van der Waals surface area contributed by atoms with Crippen molar-refractivity contribution < 1.29 is 10.2 Å². The normalized spacial score (nSPS) is 11.6. The summed E-state index contributed by atoms with van der Waals surface area (Å²) >= 11 is 3.02. The number of phenols is 2. The number of aromatic nitrogens is 2. The van der Waals surface area contributed by atoms with Crippen LogP contribution in [0.25, 0.3) is 20.4 Å². The Hall–Kier alpha value is -3.49. The Labute approximate surface area is 173 Å². The first-order valence-electron chi connectivity index (χ1n) is 8.74. The van der Waals surface area contributed by atoms with Crippen molar-refractivity contribution in [2.75, 3.05) is 5.01 Å². The molecule has 5 aromatic rings. The Bertz CT molecular complexity index is 1220. The third kappa shape index (κ3) is 3.39. The molecule has 2 aromatic heterocycles. The molecule has 0 aliphatic carbocycles. The summed E-state index contributed by atoms with van der Waals surface area (Å²) in [6.45, 7) is 0. The molecule has 8 heteroatoms. The molecule has 29 heavy (non-hydrogen) atoms. The molecular formula is C21H14N4O2S2. The number of rotatable bonds is 4. The van der Waals surface area contributed by atoms with Crippen molar-refractivity contribution in [3.63, 3.8) is 0 Å². The van der Waals surface area contributed by atoms with Gasteiger partial charge in [-0.15, -0.1) is 0 Å². The van der Waals surface area contributed by atoms with Crippen molar-refractivity contribution in [1.82, 2.24) is 9.97 Å². The quantitative estimate of drug-likeness (QED) is 0.229. The summed E-state index contributed by atoms with van der Waals surface area (Å²) in [4.78, 5) is 9.39. The number of thiazole rings is 2. The molecule has 0 radical (unpaired) electrons. The van der Waals surface area contributed by atoms with Gasteiger partial charge >= 0.3 is 0 Å². The molecule has 6 nitrogen and oxygen atoms in total.